The number of esters is 1. The minimum Gasteiger partial charge on any atom is -0.464 e. The molecule has 0 saturated heterocycles. The lowest BCUT2D eigenvalue weighted by Crippen LogP contribution is -2.11. The van der Waals surface area contributed by atoms with Crippen molar-refractivity contribution < 1.29 is 9.53 Å². The fraction of sp³-hybridized carbons (Fsp3) is 0.250. The van der Waals surface area contributed by atoms with E-state index in [4.69, 9.17) is 0 Å². The zero-order valence-electron chi connectivity index (χ0n) is 12.5. The van der Waals surface area contributed by atoms with Gasteiger partial charge in [-0.25, -0.2) is 4.79 Å². The first-order valence-electron chi connectivity index (χ1n) is 6.44. The van der Waals surface area contributed by atoms with Crippen LogP contribution in [0.2, 0.25) is 0 Å². The number of carbonyl (C=O) groups excluding carboxylic acids is 1. The maximum Gasteiger partial charge on any atom is 0.354 e. The lowest BCUT2D eigenvalue weighted by Gasteiger charge is -2.02. The molecule has 0 aliphatic rings. The third-order valence-corrected chi connectivity index (χ3v) is 2.69. The van der Waals surface area contributed by atoms with E-state index in [2.05, 4.69) is 52.7 Å². The molecule has 0 aliphatic heterocycles. The second-order valence-corrected chi connectivity index (χ2v) is 4.85. The Labute approximate surface area is 133 Å². The van der Waals surface area contributed by atoms with E-state index in [9.17, 15) is 9.59 Å². The summed E-state index contributed by atoms with van der Waals surface area (Å²) in [6.45, 7) is 10.2. The number of aromatic nitrogens is 1. The molecule has 0 aliphatic carbocycles. The van der Waals surface area contributed by atoms with E-state index >= 15 is 0 Å². The lowest BCUT2D eigenvalue weighted by molar-refractivity contribution is 0.0594. The van der Waals surface area contributed by atoms with Crippen molar-refractivity contribution in [2.75, 3.05) is 7.11 Å². The summed E-state index contributed by atoms with van der Waals surface area (Å²) in [4.78, 5) is 25.8. The van der Waals surface area contributed by atoms with E-state index in [0.717, 1.165) is 4.47 Å². The largest absolute Gasteiger partial charge is 0.464 e. The molecule has 1 N–H and O–H groups in total. The highest BCUT2D eigenvalue weighted by atomic mass is 79.9. The van der Waals surface area contributed by atoms with Crippen molar-refractivity contribution in [2.45, 2.75) is 20.3 Å². The van der Waals surface area contributed by atoms with Crippen LogP contribution < -0.4 is 5.43 Å². The summed E-state index contributed by atoms with van der Waals surface area (Å²) in [7, 11) is 1.27. The van der Waals surface area contributed by atoms with Crippen LogP contribution in [0, 0.1) is 0 Å². The molecule has 21 heavy (non-hydrogen) atoms. The van der Waals surface area contributed by atoms with Gasteiger partial charge in [-0.15, -0.1) is 13.2 Å². The summed E-state index contributed by atoms with van der Waals surface area (Å²) in [6.07, 6.45) is 1.25. The number of rotatable bonds is 1. The molecule has 2 rings (SSSR count). The summed E-state index contributed by atoms with van der Waals surface area (Å²) in [5.41, 5.74) is 0.550. The summed E-state index contributed by atoms with van der Waals surface area (Å²) in [5.74, 6) is -0.554. The number of H-pyrrole nitrogens is 1. The monoisotopic (exact) mass is 353 g/mol. The van der Waals surface area contributed by atoms with Crippen molar-refractivity contribution in [1.29, 1.82) is 0 Å². The highest BCUT2D eigenvalue weighted by molar-refractivity contribution is 9.10. The van der Waals surface area contributed by atoms with Crippen LogP contribution in [0.25, 0.3) is 10.9 Å². The van der Waals surface area contributed by atoms with Crippen molar-refractivity contribution in [2.24, 2.45) is 0 Å². The Morgan fingerprint density at radius 1 is 1.29 bits per heavy atom. The maximum absolute atomic E-state index is 11.7. The third-order valence-electron chi connectivity index (χ3n) is 2.20. The summed E-state index contributed by atoms with van der Waals surface area (Å²) >= 11 is 3.28. The van der Waals surface area contributed by atoms with Crippen LogP contribution in [0.15, 0.2) is 46.7 Å². The minimum atomic E-state index is -0.554. The minimum absolute atomic E-state index is 0.155. The SMILES string of the molecule is C=C.CCC.COC(=O)c1cc(=O)c2cc(Br)ccc2[nH]1. The Kier molecular flexibility index (Phi) is 9.05. The molecule has 0 radical (unpaired) electrons. The van der Waals surface area contributed by atoms with Crippen LogP contribution in [-0.4, -0.2) is 18.1 Å². The van der Waals surface area contributed by atoms with E-state index in [0.29, 0.717) is 10.9 Å². The van der Waals surface area contributed by atoms with Gasteiger partial charge in [0, 0.05) is 21.4 Å². The second-order valence-electron chi connectivity index (χ2n) is 3.94. The molecule has 0 spiro atoms. The van der Waals surface area contributed by atoms with E-state index in [-0.39, 0.29) is 11.1 Å². The van der Waals surface area contributed by atoms with Crippen LogP contribution in [-0.2, 0) is 4.74 Å². The van der Waals surface area contributed by atoms with Gasteiger partial charge in [-0.3, -0.25) is 4.79 Å². The van der Waals surface area contributed by atoms with Gasteiger partial charge >= 0.3 is 5.97 Å². The first kappa shape index (κ1) is 19.1. The van der Waals surface area contributed by atoms with Crippen LogP contribution in [0.1, 0.15) is 30.8 Å². The van der Waals surface area contributed by atoms with Gasteiger partial charge in [0.05, 0.1) is 7.11 Å². The van der Waals surface area contributed by atoms with Crippen LogP contribution in [0.4, 0.5) is 0 Å². The smallest absolute Gasteiger partial charge is 0.354 e. The highest BCUT2D eigenvalue weighted by Gasteiger charge is 2.09. The number of fused-ring (bicyclic) bond motifs is 1. The average molecular weight is 354 g/mol. The van der Waals surface area contributed by atoms with E-state index in [1.54, 1.807) is 18.2 Å². The van der Waals surface area contributed by atoms with Crippen LogP contribution in [0.5, 0.6) is 0 Å². The van der Waals surface area contributed by atoms with Gasteiger partial charge in [0.1, 0.15) is 5.69 Å². The zero-order chi connectivity index (χ0) is 16.4. The molecule has 1 aromatic carbocycles. The number of ether oxygens (including phenoxy) is 1. The quantitative estimate of drug-likeness (QED) is 0.614. The number of benzene rings is 1. The number of hydrogen-bond donors (Lipinski definition) is 1. The van der Waals surface area contributed by atoms with Gasteiger partial charge in [-0.05, 0) is 18.2 Å². The van der Waals surface area contributed by atoms with Crippen molar-refractivity contribution in [3.05, 3.63) is 57.8 Å². The number of aromatic amines is 1. The van der Waals surface area contributed by atoms with Gasteiger partial charge in [-0.1, -0.05) is 36.2 Å². The van der Waals surface area contributed by atoms with Crippen molar-refractivity contribution in [3.8, 4) is 0 Å². The molecule has 1 heterocycles. The summed E-state index contributed by atoms with van der Waals surface area (Å²) in [5, 5.41) is 0.530. The maximum atomic E-state index is 11.7. The number of methoxy groups -OCH3 is 1. The Hall–Kier alpha value is -1.88. The predicted octanol–water partition coefficient (Wildman–Crippen LogP) is 4.30. The fourth-order valence-electron chi connectivity index (χ4n) is 1.44. The van der Waals surface area contributed by atoms with Gasteiger partial charge in [0.15, 0.2) is 5.43 Å². The third kappa shape index (κ3) is 5.55. The summed E-state index contributed by atoms with van der Waals surface area (Å²) in [6, 6.07) is 6.46. The Morgan fingerprint density at radius 3 is 2.38 bits per heavy atom. The van der Waals surface area contributed by atoms with Gasteiger partial charge in [-0.2, -0.15) is 0 Å². The number of pyridine rings is 1. The normalized spacial score (nSPS) is 8.95. The first-order chi connectivity index (χ1) is 10.0. The molecule has 5 heteroatoms. The standard InChI is InChI=1S/C11H8BrNO3.C3H8.C2H4/c1-16-11(15)9-5-10(14)7-4-6(12)2-3-8(7)13-9;1-3-2;1-2/h2-5H,1H3,(H,13,14);3H2,1-2H3;1-2H2. The van der Waals surface area contributed by atoms with Crippen LogP contribution in [0.3, 0.4) is 0 Å². The molecule has 0 amide bonds. The molecular weight excluding hydrogens is 334 g/mol. The Balaban J connectivity index is 0.000000713. The predicted molar refractivity (Wildman–Crippen MR) is 90.8 cm³/mol. The molecule has 0 bridgehead atoms. The number of carbonyl (C=O) groups is 1. The Bertz CT molecular complexity index is 650. The molecule has 0 saturated carbocycles. The number of hydrogen-bond acceptors (Lipinski definition) is 3. The number of halogens is 1. The molecule has 4 nitrogen and oxygen atoms in total. The first-order valence-corrected chi connectivity index (χ1v) is 7.23. The van der Waals surface area contributed by atoms with Crippen molar-refractivity contribution in [1.82, 2.24) is 4.98 Å². The van der Waals surface area contributed by atoms with Gasteiger partial charge in [0.2, 0.25) is 0 Å². The molecule has 0 fully saturated rings. The highest BCUT2D eigenvalue weighted by Crippen LogP contribution is 2.15. The Morgan fingerprint density at radius 2 is 1.86 bits per heavy atom. The van der Waals surface area contributed by atoms with Crippen molar-refractivity contribution >= 4 is 32.8 Å². The molecule has 1 aromatic heterocycles. The molecule has 0 atom stereocenters. The number of nitrogens with one attached hydrogen (secondary N) is 1. The van der Waals surface area contributed by atoms with Gasteiger partial charge in [0.25, 0.3) is 0 Å². The second kappa shape index (κ2) is 9.94. The van der Waals surface area contributed by atoms with E-state index in [1.165, 1.54) is 19.6 Å². The molecular formula is C16H20BrNO3. The van der Waals surface area contributed by atoms with E-state index in [1.807, 2.05) is 0 Å². The average Bonchev–Trinajstić information content (AvgIpc) is 2.50. The topological polar surface area (TPSA) is 59.2 Å². The molecule has 0 unspecified atom stereocenters. The van der Waals surface area contributed by atoms with Crippen LogP contribution >= 0.6 is 15.9 Å². The zero-order valence-corrected chi connectivity index (χ0v) is 14.1. The molecule has 114 valence electrons. The van der Waals surface area contributed by atoms with Gasteiger partial charge < -0.3 is 9.72 Å². The molecule has 2 aromatic rings. The summed E-state index contributed by atoms with van der Waals surface area (Å²) < 4.78 is 5.36. The lowest BCUT2D eigenvalue weighted by atomic mass is 10.2. The van der Waals surface area contributed by atoms with Crippen molar-refractivity contribution in [3.63, 3.8) is 0 Å². The fourth-order valence-corrected chi connectivity index (χ4v) is 1.80. The van der Waals surface area contributed by atoms with E-state index < -0.39 is 5.97 Å².